The van der Waals surface area contributed by atoms with Gasteiger partial charge in [0, 0.05) is 32.8 Å². The summed E-state index contributed by atoms with van der Waals surface area (Å²) >= 11 is 8.06. The molecule has 0 atom stereocenters. The van der Waals surface area contributed by atoms with Gasteiger partial charge in [-0.05, 0) is 39.7 Å². The van der Waals surface area contributed by atoms with Gasteiger partial charge in [-0.25, -0.2) is 3.93 Å². The van der Waals surface area contributed by atoms with Crippen molar-refractivity contribution in [3.63, 3.8) is 0 Å². The van der Waals surface area contributed by atoms with Crippen LogP contribution in [0, 0.1) is 0 Å². The van der Waals surface area contributed by atoms with E-state index in [-0.39, 0.29) is 11.8 Å². The van der Waals surface area contributed by atoms with Gasteiger partial charge in [-0.3, -0.25) is 9.59 Å². The number of hydrogen-bond donors (Lipinski definition) is 0. The molecule has 2 aromatic carbocycles. The van der Waals surface area contributed by atoms with E-state index < -0.39 is 0 Å². The van der Waals surface area contributed by atoms with E-state index in [2.05, 4.69) is 61.7 Å². The molecule has 134 valence electrons. The van der Waals surface area contributed by atoms with Crippen molar-refractivity contribution in [1.29, 1.82) is 0 Å². The minimum Gasteiger partial charge on any atom is -0.489 e. The third kappa shape index (κ3) is 4.72. The second-order valence-electron chi connectivity index (χ2n) is 5.58. The van der Waals surface area contributed by atoms with Crippen LogP contribution in [-0.2, 0) is 16.2 Å². The first-order chi connectivity index (χ1) is 12.5. The van der Waals surface area contributed by atoms with Gasteiger partial charge in [0.25, 0.3) is 0 Å². The Bertz CT molecular complexity index is 911. The second kappa shape index (κ2) is 8.79. The van der Waals surface area contributed by atoms with E-state index in [9.17, 15) is 9.59 Å². The largest absolute Gasteiger partial charge is 0.489 e. The van der Waals surface area contributed by atoms with Gasteiger partial charge >= 0.3 is 0 Å². The summed E-state index contributed by atoms with van der Waals surface area (Å²) in [7, 11) is 0. The lowest BCUT2D eigenvalue weighted by Gasteiger charge is -2.06. The van der Waals surface area contributed by atoms with Crippen LogP contribution in [-0.4, -0.2) is 15.7 Å². The number of imide groups is 1. The lowest BCUT2D eigenvalue weighted by Crippen LogP contribution is -2.16. The minimum atomic E-state index is -0.144. The lowest BCUT2D eigenvalue weighted by molar-refractivity contribution is -0.131. The summed E-state index contributed by atoms with van der Waals surface area (Å²) in [4.78, 5) is 20.9. The van der Waals surface area contributed by atoms with E-state index in [1.165, 1.54) is 15.6 Å². The number of amides is 2. The van der Waals surface area contributed by atoms with E-state index in [1.54, 1.807) is 11.3 Å². The zero-order valence-corrected chi connectivity index (χ0v) is 17.6. The van der Waals surface area contributed by atoms with E-state index in [0.29, 0.717) is 19.4 Å². The van der Waals surface area contributed by atoms with Gasteiger partial charge in [0.05, 0.1) is 16.1 Å². The van der Waals surface area contributed by atoms with Crippen LogP contribution >= 0.6 is 43.4 Å². The summed E-state index contributed by atoms with van der Waals surface area (Å²) < 4.78 is 9.17. The highest BCUT2D eigenvalue weighted by atomic mass is 79.9. The molecule has 0 unspecified atom stereocenters. The number of nitrogens with zero attached hydrogens (tertiary/aromatic N) is 1. The van der Waals surface area contributed by atoms with Crippen molar-refractivity contribution in [3.8, 4) is 5.75 Å². The Morgan fingerprint density at radius 2 is 1.73 bits per heavy atom. The van der Waals surface area contributed by atoms with E-state index >= 15 is 0 Å². The molecule has 0 bridgehead atoms. The fourth-order valence-electron chi connectivity index (χ4n) is 2.36. The minimum absolute atomic E-state index is 0.144. The van der Waals surface area contributed by atoms with Crippen LogP contribution in [0.1, 0.15) is 18.4 Å². The molecule has 0 saturated carbocycles. The number of fused-ring (bicyclic) bond motifs is 1. The first-order valence-corrected chi connectivity index (χ1v) is 10.3. The van der Waals surface area contributed by atoms with Gasteiger partial charge in [-0.1, -0.05) is 30.3 Å². The predicted octanol–water partition coefficient (Wildman–Crippen LogP) is 5.69. The van der Waals surface area contributed by atoms with Gasteiger partial charge < -0.3 is 4.74 Å². The molecule has 2 amide bonds. The molecule has 0 spiro atoms. The quantitative estimate of drug-likeness (QED) is 0.345. The van der Waals surface area contributed by atoms with Crippen LogP contribution < -0.4 is 4.74 Å². The highest BCUT2D eigenvalue weighted by molar-refractivity contribution is 9.10. The standard InChI is InChI=1S/C15H11BrOS.C4H4BrNO2/c16-14-10-18-15-8-12(6-7-13(14)15)17-9-11-4-2-1-3-5-11;5-6-3(7)1-2-4(6)8/h1-8,10H,9H2;1-2H2. The molecule has 2 heterocycles. The fraction of sp³-hybridized carbons (Fsp3) is 0.158. The average Bonchev–Trinajstić information content (AvgIpc) is 3.18. The van der Waals surface area contributed by atoms with Crippen LogP contribution in [0.2, 0.25) is 0 Å². The monoisotopic (exact) mass is 495 g/mol. The van der Waals surface area contributed by atoms with Crippen molar-refractivity contribution in [3.05, 3.63) is 63.9 Å². The lowest BCUT2D eigenvalue weighted by atomic mass is 10.2. The van der Waals surface area contributed by atoms with E-state index in [4.69, 9.17) is 4.74 Å². The third-order valence-corrected chi connectivity index (χ3v) is 6.43. The Hall–Kier alpha value is -1.70. The molecule has 3 aromatic rings. The maximum absolute atomic E-state index is 10.4. The Kier molecular flexibility index (Phi) is 6.45. The normalized spacial score (nSPS) is 13.7. The molecular weight excluding hydrogens is 482 g/mol. The molecule has 7 heteroatoms. The van der Waals surface area contributed by atoms with Crippen molar-refractivity contribution in [2.45, 2.75) is 19.4 Å². The van der Waals surface area contributed by atoms with E-state index in [0.717, 1.165) is 14.1 Å². The van der Waals surface area contributed by atoms with Crippen molar-refractivity contribution in [2.75, 3.05) is 0 Å². The van der Waals surface area contributed by atoms with E-state index in [1.807, 2.05) is 24.3 Å². The number of ether oxygens (including phenoxy) is 1. The third-order valence-electron chi connectivity index (χ3n) is 3.74. The molecular formula is C19H15Br2NO3S. The number of thiophene rings is 1. The summed E-state index contributed by atoms with van der Waals surface area (Å²) in [5, 5.41) is 3.35. The van der Waals surface area contributed by atoms with Gasteiger partial charge in [-0.15, -0.1) is 11.3 Å². The molecule has 0 radical (unpaired) electrons. The van der Waals surface area contributed by atoms with Crippen LogP contribution in [0.15, 0.2) is 58.4 Å². The smallest absolute Gasteiger partial charge is 0.239 e. The predicted molar refractivity (Wildman–Crippen MR) is 110 cm³/mol. The zero-order chi connectivity index (χ0) is 18.5. The molecule has 4 rings (SSSR count). The summed E-state index contributed by atoms with van der Waals surface area (Å²) in [5.74, 6) is 0.630. The maximum Gasteiger partial charge on any atom is 0.239 e. The first kappa shape index (κ1) is 19.1. The number of hydrogen-bond acceptors (Lipinski definition) is 4. The molecule has 1 fully saturated rings. The SMILES string of the molecule is Brc1csc2cc(OCc3ccccc3)ccc12.O=C1CCC(=O)N1Br. The van der Waals surface area contributed by atoms with Crippen LogP contribution in [0.5, 0.6) is 5.75 Å². The van der Waals surface area contributed by atoms with Gasteiger partial charge in [-0.2, -0.15) is 0 Å². The molecule has 0 N–H and O–H groups in total. The number of rotatable bonds is 3. The van der Waals surface area contributed by atoms with Gasteiger partial charge in [0.1, 0.15) is 12.4 Å². The van der Waals surface area contributed by atoms with Gasteiger partial charge in [0.15, 0.2) is 0 Å². The second-order valence-corrected chi connectivity index (χ2v) is 8.06. The Balaban J connectivity index is 0.000000206. The van der Waals surface area contributed by atoms with Crippen molar-refractivity contribution < 1.29 is 14.3 Å². The molecule has 0 aliphatic carbocycles. The average molecular weight is 497 g/mol. The van der Waals surface area contributed by atoms with Crippen molar-refractivity contribution in [1.82, 2.24) is 3.93 Å². The fourth-order valence-corrected chi connectivity index (χ4v) is 4.31. The summed E-state index contributed by atoms with van der Waals surface area (Å²) in [6.45, 7) is 0.610. The number of carbonyl (C=O) groups excluding carboxylic acids is 2. The highest BCUT2D eigenvalue weighted by Gasteiger charge is 2.26. The maximum atomic E-state index is 10.4. The molecule has 1 aromatic heterocycles. The Labute approximate surface area is 172 Å². The zero-order valence-electron chi connectivity index (χ0n) is 13.7. The molecule has 1 saturated heterocycles. The Morgan fingerprint density at radius 1 is 1.04 bits per heavy atom. The number of carbonyl (C=O) groups is 2. The molecule has 4 nitrogen and oxygen atoms in total. The summed E-state index contributed by atoms with van der Waals surface area (Å²) in [5.41, 5.74) is 1.19. The Morgan fingerprint density at radius 3 is 2.35 bits per heavy atom. The van der Waals surface area contributed by atoms with Crippen molar-refractivity contribution >= 4 is 65.3 Å². The topological polar surface area (TPSA) is 46.6 Å². The summed E-state index contributed by atoms with van der Waals surface area (Å²) in [6.07, 6.45) is 0.703. The summed E-state index contributed by atoms with van der Waals surface area (Å²) in [6, 6.07) is 16.4. The number of halogens is 2. The molecule has 1 aliphatic heterocycles. The van der Waals surface area contributed by atoms with Gasteiger partial charge in [0.2, 0.25) is 11.8 Å². The first-order valence-electron chi connectivity index (χ1n) is 7.89. The molecule has 1 aliphatic rings. The van der Waals surface area contributed by atoms with Crippen LogP contribution in [0.3, 0.4) is 0 Å². The van der Waals surface area contributed by atoms with Crippen LogP contribution in [0.25, 0.3) is 10.1 Å². The number of benzene rings is 2. The van der Waals surface area contributed by atoms with Crippen LogP contribution in [0.4, 0.5) is 0 Å². The molecule has 26 heavy (non-hydrogen) atoms. The van der Waals surface area contributed by atoms with Crippen molar-refractivity contribution in [2.24, 2.45) is 0 Å². The highest BCUT2D eigenvalue weighted by Crippen LogP contribution is 2.32.